The average Bonchev–Trinajstić information content (AvgIpc) is 2.79. The normalized spacial score (nSPS) is 16.5. The van der Waals surface area contributed by atoms with E-state index >= 15 is 0 Å². The molecule has 13 heteroatoms. The topological polar surface area (TPSA) is 100 Å². The highest BCUT2D eigenvalue weighted by molar-refractivity contribution is 5.98. The van der Waals surface area contributed by atoms with Crippen LogP contribution in [0, 0.1) is 0 Å². The number of halogens is 5. The van der Waals surface area contributed by atoms with Crippen LogP contribution in [-0.2, 0) is 11.0 Å². The minimum atomic E-state index is -4.72. The Hall–Kier alpha value is -3.61. The van der Waals surface area contributed by atoms with Crippen molar-refractivity contribution in [2.45, 2.75) is 31.7 Å². The third-order valence-corrected chi connectivity index (χ3v) is 5.28. The zero-order chi connectivity index (χ0) is 25.6. The zero-order valence-electron chi connectivity index (χ0n) is 18.5. The zero-order valence-corrected chi connectivity index (χ0v) is 18.5. The number of aromatic nitrogens is 3. The van der Waals surface area contributed by atoms with Gasteiger partial charge in [0, 0.05) is 29.7 Å². The summed E-state index contributed by atoms with van der Waals surface area (Å²) in [6.07, 6.45) is -1.26. The molecule has 0 aliphatic carbocycles. The van der Waals surface area contributed by atoms with Crippen LogP contribution in [0.3, 0.4) is 0 Å². The molecule has 1 fully saturated rings. The molecule has 4 rings (SSSR count). The quantitative estimate of drug-likeness (QED) is 0.391. The van der Waals surface area contributed by atoms with E-state index in [9.17, 15) is 22.0 Å². The lowest BCUT2D eigenvalue weighted by atomic mass is 10.0. The molecule has 35 heavy (non-hydrogen) atoms. The second kappa shape index (κ2) is 11.2. The van der Waals surface area contributed by atoms with Crippen molar-refractivity contribution in [3.63, 3.8) is 0 Å². The number of likely N-dealkylation sites (N-methyl/N-ethyl adjacent to an activating group) is 1. The second-order valence-corrected chi connectivity index (χ2v) is 7.74. The molecule has 3 heterocycles. The molecule has 1 atom stereocenters. The molecule has 0 radical (unpaired) electrons. The first-order valence-corrected chi connectivity index (χ1v) is 10.4. The van der Waals surface area contributed by atoms with Crippen LogP contribution in [0.4, 0.5) is 27.8 Å². The smallest absolute Gasteiger partial charge is 0.416 e. The third-order valence-electron chi connectivity index (χ3n) is 5.28. The van der Waals surface area contributed by atoms with Crippen LogP contribution in [0.25, 0.3) is 22.2 Å². The summed E-state index contributed by atoms with van der Waals surface area (Å²) in [6, 6.07) is 5.93. The van der Waals surface area contributed by atoms with Crippen LogP contribution in [0.15, 0.2) is 36.5 Å². The van der Waals surface area contributed by atoms with Crippen molar-refractivity contribution in [1.29, 1.82) is 0 Å². The predicted octanol–water partition coefficient (Wildman–Crippen LogP) is 4.52. The number of anilines is 1. The molecule has 1 aromatic carbocycles. The molecule has 1 saturated heterocycles. The summed E-state index contributed by atoms with van der Waals surface area (Å²) in [5.41, 5.74) is -0.801. The number of rotatable bonds is 5. The van der Waals surface area contributed by atoms with Gasteiger partial charge in [0.05, 0.1) is 5.56 Å². The first-order chi connectivity index (χ1) is 16.6. The van der Waals surface area contributed by atoms with Crippen LogP contribution in [0.5, 0.6) is 5.75 Å². The molecule has 0 saturated carbocycles. The summed E-state index contributed by atoms with van der Waals surface area (Å²) >= 11 is 0. The number of nitrogens with zero attached hydrogens (tertiary/aromatic N) is 4. The van der Waals surface area contributed by atoms with Gasteiger partial charge in [-0.15, -0.1) is 10.2 Å². The van der Waals surface area contributed by atoms with Crippen LogP contribution in [0.2, 0.25) is 0 Å². The molecule has 1 aliphatic rings. The number of hydrogen-bond acceptors (Lipinski definition) is 7. The number of hydrogen-bond donors (Lipinski definition) is 2. The molecule has 0 unspecified atom stereocenters. The molecule has 8 nitrogen and oxygen atoms in total. The van der Waals surface area contributed by atoms with E-state index in [0.29, 0.717) is 22.8 Å². The summed E-state index contributed by atoms with van der Waals surface area (Å²) in [5.74, 6) is -0.175. The van der Waals surface area contributed by atoms with E-state index < -0.39 is 24.1 Å². The van der Waals surface area contributed by atoms with Crippen molar-refractivity contribution in [3.8, 4) is 17.0 Å². The average molecular weight is 499 g/mol. The van der Waals surface area contributed by atoms with Gasteiger partial charge < -0.3 is 20.1 Å². The summed E-state index contributed by atoms with van der Waals surface area (Å²) in [5, 5.41) is 19.2. The number of piperidine rings is 1. The van der Waals surface area contributed by atoms with Crippen molar-refractivity contribution < 1.29 is 36.6 Å². The number of carbonyl (C=O) groups is 1. The number of nitrogens with one attached hydrogen (secondary N) is 1. The largest absolute Gasteiger partial charge is 0.483 e. The maximum Gasteiger partial charge on any atom is 0.416 e. The van der Waals surface area contributed by atoms with Crippen LogP contribution in [-0.4, -0.2) is 64.5 Å². The second-order valence-electron chi connectivity index (χ2n) is 7.74. The fourth-order valence-corrected chi connectivity index (χ4v) is 3.84. The van der Waals surface area contributed by atoms with Gasteiger partial charge in [-0.3, -0.25) is 9.78 Å². The lowest BCUT2D eigenvalue weighted by Crippen LogP contribution is -2.40. The van der Waals surface area contributed by atoms with E-state index in [1.807, 2.05) is 7.05 Å². The number of fused-ring (bicyclic) bond motifs is 1. The van der Waals surface area contributed by atoms with E-state index in [4.69, 9.17) is 9.90 Å². The Labute approximate surface area is 196 Å². The lowest BCUT2D eigenvalue weighted by molar-refractivity contribution is -0.138. The summed E-state index contributed by atoms with van der Waals surface area (Å²) < 4.78 is 69.6. The number of ether oxygens (including phenoxy) is 1. The Morgan fingerprint density at radius 3 is 2.66 bits per heavy atom. The monoisotopic (exact) mass is 499 g/mol. The number of benzene rings is 1. The van der Waals surface area contributed by atoms with Gasteiger partial charge in [-0.2, -0.15) is 22.0 Å². The predicted molar refractivity (Wildman–Crippen MR) is 117 cm³/mol. The summed E-state index contributed by atoms with van der Waals surface area (Å²) in [4.78, 5) is 14.9. The Kier molecular flexibility index (Phi) is 8.33. The molecule has 3 aromatic rings. The minimum absolute atomic E-state index is 0.0521. The fraction of sp³-hybridized carbons (Fsp3) is 0.364. The molecule has 0 amide bonds. The van der Waals surface area contributed by atoms with Crippen LogP contribution in [0.1, 0.15) is 18.4 Å². The number of alkyl halides is 5. The van der Waals surface area contributed by atoms with Gasteiger partial charge in [0.1, 0.15) is 17.0 Å². The summed E-state index contributed by atoms with van der Waals surface area (Å²) in [7, 11) is 2.03. The molecule has 2 aromatic heterocycles. The third kappa shape index (κ3) is 6.50. The van der Waals surface area contributed by atoms with E-state index in [1.165, 1.54) is 6.20 Å². The van der Waals surface area contributed by atoms with Crippen LogP contribution < -0.4 is 10.1 Å². The van der Waals surface area contributed by atoms with E-state index in [0.717, 1.165) is 38.1 Å². The standard InChI is InChI=1S/C21H20F5N5O.CH2O2/c1-31-9-3-4-13(11-31)28-19-15-5-2-8-27-17(15)18(29-30-19)14-7-6-12(21(24,25)26)10-16(14)32-20(22)23;2-1-3/h2,5-8,10,13,20H,3-4,9,11H2,1H3,(H,28,30);1H,(H,2,3)/t13-;/m1./s1. The Morgan fingerprint density at radius 1 is 1.26 bits per heavy atom. The van der Waals surface area contributed by atoms with E-state index in [-0.39, 0.29) is 23.8 Å². The highest BCUT2D eigenvalue weighted by Gasteiger charge is 2.32. The first-order valence-electron chi connectivity index (χ1n) is 10.4. The molecular weight excluding hydrogens is 477 g/mol. The highest BCUT2D eigenvalue weighted by atomic mass is 19.4. The molecule has 188 valence electrons. The number of carboxylic acid groups (broad SMARTS) is 1. The number of likely N-dealkylation sites (tertiary alicyclic amines) is 1. The van der Waals surface area contributed by atoms with Crippen molar-refractivity contribution in [3.05, 3.63) is 42.1 Å². The maximum atomic E-state index is 13.1. The molecule has 1 aliphatic heterocycles. The minimum Gasteiger partial charge on any atom is -0.483 e. The SMILES string of the molecule is CN1CCC[C@@H](Nc2nnc(-c3ccc(C(F)(F)F)cc3OC(F)F)c3ncccc23)C1.O=CO. The first kappa shape index (κ1) is 26.0. The lowest BCUT2D eigenvalue weighted by Gasteiger charge is -2.30. The van der Waals surface area contributed by atoms with E-state index in [1.54, 1.807) is 12.1 Å². The van der Waals surface area contributed by atoms with Crippen molar-refractivity contribution in [2.75, 3.05) is 25.5 Å². The van der Waals surface area contributed by atoms with Crippen molar-refractivity contribution in [1.82, 2.24) is 20.1 Å². The van der Waals surface area contributed by atoms with Crippen molar-refractivity contribution >= 4 is 23.2 Å². The molecule has 0 bridgehead atoms. The van der Waals surface area contributed by atoms with Gasteiger partial charge in [-0.1, -0.05) is 0 Å². The van der Waals surface area contributed by atoms with Gasteiger partial charge in [0.25, 0.3) is 6.47 Å². The van der Waals surface area contributed by atoms with Crippen molar-refractivity contribution in [2.24, 2.45) is 0 Å². The van der Waals surface area contributed by atoms with Gasteiger partial charge in [0.15, 0.2) is 5.82 Å². The van der Waals surface area contributed by atoms with Gasteiger partial charge in [0.2, 0.25) is 0 Å². The Bertz CT molecular complexity index is 1160. The fourth-order valence-electron chi connectivity index (χ4n) is 3.84. The van der Waals surface area contributed by atoms with E-state index in [2.05, 4.69) is 30.1 Å². The van der Waals surface area contributed by atoms with Gasteiger partial charge in [-0.25, -0.2) is 0 Å². The molecule has 0 spiro atoms. The number of pyridine rings is 1. The van der Waals surface area contributed by atoms with Crippen LogP contribution >= 0.6 is 0 Å². The molecule has 2 N–H and O–H groups in total. The maximum absolute atomic E-state index is 13.1. The highest BCUT2D eigenvalue weighted by Crippen LogP contribution is 2.39. The molecular formula is C22H22F5N5O3. The Morgan fingerprint density at radius 2 is 2.00 bits per heavy atom. The van der Waals surface area contributed by atoms with Gasteiger partial charge in [-0.05, 0) is 56.8 Å². The summed E-state index contributed by atoms with van der Waals surface area (Å²) in [6.45, 7) is -1.74. The van der Waals surface area contributed by atoms with Gasteiger partial charge >= 0.3 is 12.8 Å². The Balaban J connectivity index is 0.00000108.